The number of benzene rings is 1. The van der Waals surface area contributed by atoms with Gasteiger partial charge in [-0.1, -0.05) is 18.2 Å². The van der Waals surface area contributed by atoms with Crippen LogP contribution >= 0.6 is 11.3 Å². The number of ether oxygens (including phenoxy) is 1. The zero-order valence-electron chi connectivity index (χ0n) is 14.7. The van der Waals surface area contributed by atoms with Crippen molar-refractivity contribution in [3.63, 3.8) is 0 Å². The number of hydrogen-bond donors (Lipinski definition) is 0. The molecule has 5 nitrogen and oxygen atoms in total. The Bertz CT molecular complexity index is 882. The van der Waals surface area contributed by atoms with Gasteiger partial charge in [0.25, 0.3) is 5.91 Å². The quantitative estimate of drug-likeness (QED) is 0.683. The first-order valence-electron chi connectivity index (χ1n) is 8.77. The summed E-state index contributed by atoms with van der Waals surface area (Å²) >= 11 is 1.55. The van der Waals surface area contributed by atoms with Crippen LogP contribution in [-0.2, 0) is 11.3 Å². The van der Waals surface area contributed by atoms with Gasteiger partial charge in [-0.3, -0.25) is 4.79 Å². The van der Waals surface area contributed by atoms with Gasteiger partial charge in [0.1, 0.15) is 0 Å². The van der Waals surface area contributed by atoms with E-state index < -0.39 is 0 Å². The largest absolute Gasteiger partial charge is 0.373 e. The van der Waals surface area contributed by atoms with Crippen LogP contribution in [0.15, 0.2) is 54.9 Å². The molecule has 0 aliphatic carbocycles. The number of amides is 1. The van der Waals surface area contributed by atoms with E-state index in [0.717, 1.165) is 40.5 Å². The zero-order chi connectivity index (χ0) is 17.9. The van der Waals surface area contributed by atoms with Gasteiger partial charge in [0.15, 0.2) is 0 Å². The molecule has 26 heavy (non-hydrogen) atoms. The lowest BCUT2D eigenvalue weighted by atomic mass is 10.1. The maximum absolute atomic E-state index is 12.8. The third kappa shape index (κ3) is 3.43. The van der Waals surface area contributed by atoms with E-state index in [9.17, 15) is 4.79 Å². The van der Waals surface area contributed by atoms with Crippen LogP contribution in [0.5, 0.6) is 0 Å². The number of carbonyl (C=O) groups excluding carboxylic acids is 1. The summed E-state index contributed by atoms with van der Waals surface area (Å²) in [5.41, 5.74) is 2.05. The molecule has 1 fully saturated rings. The Balaban J connectivity index is 1.50. The molecule has 0 spiro atoms. The van der Waals surface area contributed by atoms with Crippen LogP contribution in [0, 0.1) is 0 Å². The zero-order valence-corrected chi connectivity index (χ0v) is 15.5. The predicted octanol–water partition coefficient (Wildman–Crippen LogP) is 4.06. The van der Waals surface area contributed by atoms with Crippen molar-refractivity contribution in [2.45, 2.75) is 25.5 Å². The molecule has 3 aromatic rings. The lowest BCUT2D eigenvalue weighted by Crippen LogP contribution is -2.26. The molecule has 134 valence electrons. The second-order valence-electron chi connectivity index (χ2n) is 6.44. The molecule has 1 atom stereocenters. The van der Waals surface area contributed by atoms with Crippen LogP contribution < -0.4 is 0 Å². The van der Waals surface area contributed by atoms with Crippen LogP contribution in [0.1, 0.15) is 39.1 Å². The van der Waals surface area contributed by atoms with Crippen molar-refractivity contribution in [1.82, 2.24) is 14.7 Å². The molecule has 1 amide bonds. The van der Waals surface area contributed by atoms with Gasteiger partial charge in [0.2, 0.25) is 0 Å². The van der Waals surface area contributed by atoms with Crippen molar-refractivity contribution in [3.05, 3.63) is 70.2 Å². The fraction of sp³-hybridized carbons (Fsp3) is 0.300. The highest BCUT2D eigenvalue weighted by molar-refractivity contribution is 7.14. The van der Waals surface area contributed by atoms with E-state index in [1.165, 1.54) is 0 Å². The van der Waals surface area contributed by atoms with Crippen molar-refractivity contribution in [2.75, 3.05) is 13.7 Å². The van der Waals surface area contributed by atoms with Crippen molar-refractivity contribution in [3.8, 4) is 5.69 Å². The van der Waals surface area contributed by atoms with Crippen molar-refractivity contribution >= 4 is 17.2 Å². The normalized spacial score (nSPS) is 16.7. The van der Waals surface area contributed by atoms with Gasteiger partial charge >= 0.3 is 0 Å². The van der Waals surface area contributed by atoms with E-state index in [4.69, 9.17) is 4.74 Å². The monoisotopic (exact) mass is 367 g/mol. The van der Waals surface area contributed by atoms with Gasteiger partial charge in [0, 0.05) is 37.5 Å². The molecule has 1 unspecified atom stereocenters. The van der Waals surface area contributed by atoms with Gasteiger partial charge in [-0.15, -0.1) is 11.3 Å². The third-order valence-corrected chi connectivity index (χ3v) is 5.75. The number of aromatic nitrogens is 2. The van der Waals surface area contributed by atoms with Crippen LogP contribution in [0.3, 0.4) is 0 Å². The predicted molar refractivity (Wildman–Crippen MR) is 102 cm³/mol. The van der Waals surface area contributed by atoms with E-state index >= 15 is 0 Å². The molecule has 0 radical (unpaired) electrons. The van der Waals surface area contributed by atoms with E-state index in [1.807, 2.05) is 60.4 Å². The molecule has 1 aliphatic heterocycles. The lowest BCUT2D eigenvalue weighted by Gasteiger charge is -2.18. The minimum Gasteiger partial charge on any atom is -0.373 e. The Morgan fingerprint density at radius 3 is 2.96 bits per heavy atom. The number of carbonyl (C=O) groups is 1. The van der Waals surface area contributed by atoms with Crippen molar-refractivity contribution in [1.29, 1.82) is 0 Å². The first-order chi connectivity index (χ1) is 12.7. The topological polar surface area (TPSA) is 47.4 Å². The summed E-state index contributed by atoms with van der Waals surface area (Å²) in [6, 6.07) is 13.9. The number of para-hydroxylation sites is 1. The van der Waals surface area contributed by atoms with Crippen molar-refractivity contribution < 1.29 is 9.53 Å². The maximum atomic E-state index is 12.8. The molecule has 0 N–H and O–H groups in total. The molecular formula is C20H21N3O2S. The summed E-state index contributed by atoms with van der Waals surface area (Å²) in [6.07, 6.45) is 5.96. The molecule has 3 heterocycles. The molecule has 1 saturated heterocycles. The molecule has 0 saturated carbocycles. The summed E-state index contributed by atoms with van der Waals surface area (Å²) in [5, 5.41) is 4.31. The summed E-state index contributed by atoms with van der Waals surface area (Å²) in [6.45, 7) is 1.35. The van der Waals surface area contributed by atoms with E-state index in [0.29, 0.717) is 6.54 Å². The Morgan fingerprint density at radius 1 is 1.31 bits per heavy atom. The van der Waals surface area contributed by atoms with Crippen LogP contribution in [0.25, 0.3) is 5.69 Å². The number of nitrogens with zero attached hydrogens (tertiary/aromatic N) is 3. The number of rotatable bonds is 5. The molecule has 1 aromatic carbocycles. The average Bonchev–Trinajstić information content (AvgIpc) is 3.43. The first-order valence-corrected chi connectivity index (χ1v) is 9.59. The van der Waals surface area contributed by atoms with Crippen LogP contribution in [0.4, 0.5) is 0 Å². The number of thiophene rings is 1. The standard InChI is InChI=1S/C20H21N3O2S/c1-22(14-15-6-2-3-7-16(15)23-12-5-11-21-23)20(24)19-10-9-18(26-19)17-8-4-13-25-17/h2-3,5-7,9-12,17H,4,8,13-14H2,1H3. The molecule has 6 heteroatoms. The molecule has 2 aromatic heterocycles. The second kappa shape index (κ2) is 7.43. The summed E-state index contributed by atoms with van der Waals surface area (Å²) in [7, 11) is 1.84. The molecular weight excluding hydrogens is 346 g/mol. The third-order valence-electron chi connectivity index (χ3n) is 4.58. The molecule has 4 rings (SSSR count). The highest BCUT2D eigenvalue weighted by Gasteiger charge is 2.22. The Kier molecular flexibility index (Phi) is 4.86. The first kappa shape index (κ1) is 17.0. The van der Waals surface area contributed by atoms with Crippen LogP contribution in [-0.4, -0.2) is 34.2 Å². The van der Waals surface area contributed by atoms with E-state index in [-0.39, 0.29) is 12.0 Å². The van der Waals surface area contributed by atoms with Gasteiger partial charge in [-0.2, -0.15) is 5.10 Å². The van der Waals surface area contributed by atoms with Gasteiger partial charge in [0.05, 0.1) is 16.7 Å². The van der Waals surface area contributed by atoms with Gasteiger partial charge < -0.3 is 9.64 Å². The fourth-order valence-corrected chi connectivity index (χ4v) is 4.32. The van der Waals surface area contributed by atoms with E-state index in [1.54, 1.807) is 22.4 Å². The second-order valence-corrected chi connectivity index (χ2v) is 7.56. The molecule has 1 aliphatic rings. The summed E-state index contributed by atoms with van der Waals surface area (Å²) < 4.78 is 7.55. The van der Waals surface area contributed by atoms with Gasteiger partial charge in [-0.25, -0.2) is 4.68 Å². The van der Waals surface area contributed by atoms with Gasteiger partial charge in [-0.05, 0) is 42.7 Å². The summed E-state index contributed by atoms with van der Waals surface area (Å²) in [4.78, 5) is 16.5. The highest BCUT2D eigenvalue weighted by Crippen LogP contribution is 2.33. The highest BCUT2D eigenvalue weighted by atomic mass is 32.1. The SMILES string of the molecule is CN(Cc1ccccc1-n1cccn1)C(=O)c1ccc(C2CCCO2)s1. The maximum Gasteiger partial charge on any atom is 0.263 e. The van der Waals surface area contributed by atoms with E-state index in [2.05, 4.69) is 5.10 Å². The summed E-state index contributed by atoms with van der Waals surface area (Å²) in [5.74, 6) is 0.0366. The smallest absolute Gasteiger partial charge is 0.263 e. The Labute approximate surface area is 156 Å². The minimum atomic E-state index is 0.0366. The Hall–Kier alpha value is -2.44. The fourth-order valence-electron chi connectivity index (χ4n) is 3.24. The molecule has 0 bridgehead atoms. The Morgan fingerprint density at radius 2 is 2.19 bits per heavy atom. The lowest BCUT2D eigenvalue weighted by molar-refractivity contribution is 0.0790. The van der Waals surface area contributed by atoms with Crippen molar-refractivity contribution in [2.24, 2.45) is 0 Å². The number of hydrogen-bond acceptors (Lipinski definition) is 4. The minimum absolute atomic E-state index is 0.0366. The van der Waals surface area contributed by atoms with Crippen LogP contribution in [0.2, 0.25) is 0 Å². The average molecular weight is 367 g/mol.